The number of pyridine rings is 1. The zero-order valence-electron chi connectivity index (χ0n) is 11.5. The van der Waals surface area contributed by atoms with Gasteiger partial charge in [0, 0.05) is 24.7 Å². The molecule has 1 aromatic carbocycles. The van der Waals surface area contributed by atoms with Crippen LogP contribution in [-0.4, -0.2) is 22.0 Å². The number of aromatic amines is 1. The summed E-state index contributed by atoms with van der Waals surface area (Å²) in [4.78, 5) is 12.3. The molecule has 0 amide bonds. The lowest BCUT2D eigenvalue weighted by atomic mass is 10.2. The number of aryl methyl sites for hydroxylation is 1. The molecule has 0 fully saturated rings. The van der Waals surface area contributed by atoms with Crippen LogP contribution in [-0.2, 0) is 5.75 Å². The molecule has 0 aliphatic carbocycles. The predicted molar refractivity (Wildman–Crippen MR) is 84.2 cm³/mol. The number of benzene rings is 1. The van der Waals surface area contributed by atoms with Crippen LogP contribution in [0.25, 0.3) is 11.0 Å². The summed E-state index contributed by atoms with van der Waals surface area (Å²) in [5.74, 6) is 0.800. The van der Waals surface area contributed by atoms with E-state index >= 15 is 0 Å². The van der Waals surface area contributed by atoms with Crippen molar-refractivity contribution in [2.75, 3.05) is 12.4 Å². The Morgan fingerprint density at radius 3 is 3.00 bits per heavy atom. The average molecular weight is 284 g/mol. The highest BCUT2D eigenvalue weighted by atomic mass is 32.2. The maximum absolute atomic E-state index is 4.58. The third kappa shape index (κ3) is 2.77. The highest BCUT2D eigenvalue weighted by Crippen LogP contribution is 2.23. The summed E-state index contributed by atoms with van der Waals surface area (Å²) in [5.41, 5.74) is 5.45. The van der Waals surface area contributed by atoms with Crippen LogP contribution in [0, 0.1) is 6.92 Å². The second-order valence-corrected chi connectivity index (χ2v) is 5.60. The van der Waals surface area contributed by atoms with Gasteiger partial charge in [-0.1, -0.05) is 17.8 Å². The number of nitrogens with zero attached hydrogens (tertiary/aromatic N) is 2. The number of hydrogen-bond acceptors (Lipinski definition) is 4. The standard InChI is InChI=1S/C15H16N4S/c1-10-3-4-13-14(7-10)19-15(18-13)20-9-12-8-11(16-2)5-6-17-12/h3-8H,9H2,1-2H3,(H,16,17)(H,18,19). The summed E-state index contributed by atoms with van der Waals surface area (Å²) in [6.45, 7) is 2.08. The van der Waals surface area contributed by atoms with E-state index < -0.39 is 0 Å². The molecule has 0 unspecified atom stereocenters. The second-order valence-electron chi connectivity index (χ2n) is 4.64. The van der Waals surface area contributed by atoms with Gasteiger partial charge in [-0.15, -0.1) is 0 Å². The third-order valence-corrected chi connectivity index (χ3v) is 3.98. The zero-order chi connectivity index (χ0) is 13.9. The minimum Gasteiger partial charge on any atom is -0.388 e. The molecule has 2 heterocycles. The van der Waals surface area contributed by atoms with Gasteiger partial charge in [-0.3, -0.25) is 4.98 Å². The molecule has 0 radical (unpaired) electrons. The van der Waals surface area contributed by atoms with Crippen LogP contribution in [0.3, 0.4) is 0 Å². The summed E-state index contributed by atoms with van der Waals surface area (Å²) >= 11 is 1.67. The number of H-pyrrole nitrogens is 1. The molecule has 0 saturated heterocycles. The van der Waals surface area contributed by atoms with Crippen LogP contribution >= 0.6 is 11.8 Å². The number of fused-ring (bicyclic) bond motifs is 1. The van der Waals surface area contributed by atoms with Gasteiger partial charge in [0.15, 0.2) is 5.16 Å². The van der Waals surface area contributed by atoms with Crippen molar-refractivity contribution in [2.24, 2.45) is 0 Å². The van der Waals surface area contributed by atoms with Gasteiger partial charge >= 0.3 is 0 Å². The van der Waals surface area contributed by atoms with Crippen molar-refractivity contribution in [3.8, 4) is 0 Å². The van der Waals surface area contributed by atoms with E-state index in [9.17, 15) is 0 Å². The Morgan fingerprint density at radius 1 is 1.25 bits per heavy atom. The monoisotopic (exact) mass is 284 g/mol. The lowest BCUT2D eigenvalue weighted by molar-refractivity contribution is 1.07. The molecule has 102 valence electrons. The summed E-state index contributed by atoms with van der Waals surface area (Å²) in [6.07, 6.45) is 1.82. The van der Waals surface area contributed by atoms with Crippen molar-refractivity contribution in [1.29, 1.82) is 0 Å². The number of nitrogens with one attached hydrogen (secondary N) is 2. The van der Waals surface area contributed by atoms with Crippen molar-refractivity contribution >= 4 is 28.5 Å². The Labute approximate surface area is 122 Å². The first-order chi connectivity index (χ1) is 9.74. The molecule has 0 bridgehead atoms. The first-order valence-corrected chi connectivity index (χ1v) is 7.45. The van der Waals surface area contributed by atoms with Crippen LogP contribution in [0.5, 0.6) is 0 Å². The topological polar surface area (TPSA) is 53.6 Å². The van der Waals surface area contributed by atoms with Crippen molar-refractivity contribution in [3.05, 3.63) is 47.8 Å². The van der Waals surface area contributed by atoms with E-state index in [0.717, 1.165) is 33.3 Å². The average Bonchev–Trinajstić information content (AvgIpc) is 2.87. The lowest BCUT2D eigenvalue weighted by Crippen LogP contribution is -1.92. The number of rotatable bonds is 4. The van der Waals surface area contributed by atoms with E-state index in [1.54, 1.807) is 11.8 Å². The van der Waals surface area contributed by atoms with Gasteiger partial charge in [-0.25, -0.2) is 4.98 Å². The molecule has 20 heavy (non-hydrogen) atoms. The van der Waals surface area contributed by atoms with E-state index in [1.807, 2.05) is 25.4 Å². The molecular formula is C15H16N4S. The Hall–Kier alpha value is -2.01. The number of thioether (sulfide) groups is 1. The molecule has 0 spiro atoms. The Bertz CT molecular complexity index is 736. The molecule has 3 aromatic rings. The van der Waals surface area contributed by atoms with Gasteiger partial charge in [0.05, 0.1) is 16.7 Å². The number of hydrogen-bond donors (Lipinski definition) is 2. The van der Waals surface area contributed by atoms with Crippen LogP contribution < -0.4 is 5.32 Å². The zero-order valence-corrected chi connectivity index (χ0v) is 12.3. The van der Waals surface area contributed by atoms with Gasteiger partial charge in [-0.2, -0.15) is 0 Å². The fourth-order valence-electron chi connectivity index (χ4n) is 2.02. The SMILES string of the molecule is CNc1ccnc(CSc2nc3ccc(C)cc3[nH]2)c1. The van der Waals surface area contributed by atoms with Crippen molar-refractivity contribution in [2.45, 2.75) is 17.8 Å². The van der Waals surface area contributed by atoms with E-state index in [0.29, 0.717) is 0 Å². The summed E-state index contributed by atoms with van der Waals surface area (Å²) < 4.78 is 0. The van der Waals surface area contributed by atoms with E-state index in [-0.39, 0.29) is 0 Å². The summed E-state index contributed by atoms with van der Waals surface area (Å²) in [7, 11) is 1.91. The largest absolute Gasteiger partial charge is 0.388 e. The normalized spacial score (nSPS) is 10.9. The van der Waals surface area contributed by atoms with Gasteiger partial charge in [0.2, 0.25) is 0 Å². The maximum Gasteiger partial charge on any atom is 0.166 e. The van der Waals surface area contributed by atoms with Crippen molar-refractivity contribution in [1.82, 2.24) is 15.0 Å². The third-order valence-electron chi connectivity index (χ3n) is 3.08. The number of imidazole rings is 1. The molecule has 0 saturated carbocycles. The number of anilines is 1. The summed E-state index contributed by atoms with van der Waals surface area (Å²) in [6, 6.07) is 10.3. The maximum atomic E-state index is 4.58. The van der Waals surface area contributed by atoms with E-state index in [2.05, 4.69) is 45.4 Å². The molecule has 2 aromatic heterocycles. The molecule has 0 aliphatic rings. The predicted octanol–water partition coefficient (Wildman–Crippen LogP) is 3.60. The molecule has 0 aliphatic heterocycles. The van der Waals surface area contributed by atoms with Crippen LogP contribution in [0.4, 0.5) is 5.69 Å². The summed E-state index contributed by atoms with van der Waals surface area (Å²) in [5, 5.41) is 4.05. The van der Waals surface area contributed by atoms with Crippen molar-refractivity contribution in [3.63, 3.8) is 0 Å². The molecule has 3 rings (SSSR count). The van der Waals surface area contributed by atoms with Gasteiger partial charge in [0.25, 0.3) is 0 Å². The van der Waals surface area contributed by atoms with Crippen LogP contribution in [0.15, 0.2) is 41.7 Å². The Balaban J connectivity index is 1.76. The highest BCUT2D eigenvalue weighted by Gasteiger charge is 2.05. The molecular weight excluding hydrogens is 268 g/mol. The lowest BCUT2D eigenvalue weighted by Gasteiger charge is -2.02. The van der Waals surface area contributed by atoms with Crippen LogP contribution in [0.2, 0.25) is 0 Å². The highest BCUT2D eigenvalue weighted by molar-refractivity contribution is 7.98. The van der Waals surface area contributed by atoms with Gasteiger partial charge in [-0.05, 0) is 36.8 Å². The minimum absolute atomic E-state index is 0.800. The fraction of sp³-hybridized carbons (Fsp3) is 0.200. The smallest absolute Gasteiger partial charge is 0.166 e. The molecule has 0 atom stereocenters. The van der Waals surface area contributed by atoms with Gasteiger partial charge in [0.1, 0.15) is 0 Å². The van der Waals surface area contributed by atoms with Crippen molar-refractivity contribution < 1.29 is 0 Å². The first-order valence-electron chi connectivity index (χ1n) is 6.46. The Kier molecular flexibility index (Phi) is 3.60. The molecule has 4 nitrogen and oxygen atoms in total. The minimum atomic E-state index is 0.800. The first kappa shape index (κ1) is 13.0. The Morgan fingerprint density at radius 2 is 2.15 bits per heavy atom. The van der Waals surface area contributed by atoms with E-state index in [1.165, 1.54) is 5.56 Å². The molecule has 5 heteroatoms. The quantitative estimate of drug-likeness (QED) is 0.719. The second kappa shape index (κ2) is 5.54. The number of aromatic nitrogens is 3. The fourth-order valence-corrected chi connectivity index (χ4v) is 2.81. The molecule has 2 N–H and O–H groups in total. The van der Waals surface area contributed by atoms with Gasteiger partial charge < -0.3 is 10.3 Å². The van der Waals surface area contributed by atoms with Crippen LogP contribution in [0.1, 0.15) is 11.3 Å². The van der Waals surface area contributed by atoms with E-state index in [4.69, 9.17) is 0 Å².